The molecule has 8 nitrogen and oxygen atoms in total. The van der Waals surface area contributed by atoms with Crippen LogP contribution in [0.1, 0.15) is 25.8 Å². The minimum absolute atomic E-state index is 0.0980. The van der Waals surface area contributed by atoms with Gasteiger partial charge >= 0.3 is 0 Å². The number of benzene rings is 2. The molecule has 2 aromatic rings. The Bertz CT molecular complexity index is 1070. The number of sulfonamides is 1. The average molecular weight is 460 g/mol. The molecule has 0 aromatic heterocycles. The first kappa shape index (κ1) is 23.7. The zero-order chi connectivity index (χ0) is 23.5. The van der Waals surface area contributed by atoms with Crippen LogP contribution in [0.3, 0.4) is 0 Å². The summed E-state index contributed by atoms with van der Waals surface area (Å²) < 4.78 is 31.6. The van der Waals surface area contributed by atoms with Gasteiger partial charge < -0.3 is 15.0 Å². The van der Waals surface area contributed by atoms with E-state index in [2.05, 4.69) is 5.32 Å². The van der Waals surface area contributed by atoms with Crippen LogP contribution in [0.15, 0.2) is 53.4 Å². The lowest BCUT2D eigenvalue weighted by atomic mass is 10.1. The van der Waals surface area contributed by atoms with Crippen molar-refractivity contribution in [3.8, 4) is 5.75 Å². The molecule has 1 saturated heterocycles. The molecular weight excluding hydrogens is 430 g/mol. The normalized spacial score (nSPS) is 16.6. The van der Waals surface area contributed by atoms with E-state index in [-0.39, 0.29) is 35.7 Å². The molecule has 0 bridgehead atoms. The second-order valence-corrected chi connectivity index (χ2v) is 10.1. The van der Waals surface area contributed by atoms with Gasteiger partial charge in [0.2, 0.25) is 21.8 Å². The van der Waals surface area contributed by atoms with E-state index in [1.165, 1.54) is 4.31 Å². The van der Waals surface area contributed by atoms with Gasteiger partial charge in [-0.05, 0) is 55.8 Å². The average Bonchev–Trinajstić information content (AvgIpc) is 3.18. The third kappa shape index (κ3) is 5.11. The van der Waals surface area contributed by atoms with Crippen LogP contribution < -0.4 is 15.0 Å². The Morgan fingerprint density at radius 2 is 1.78 bits per heavy atom. The molecule has 1 unspecified atom stereocenters. The molecule has 1 aliphatic rings. The molecule has 0 saturated carbocycles. The predicted molar refractivity (Wildman–Crippen MR) is 122 cm³/mol. The van der Waals surface area contributed by atoms with Crippen LogP contribution in [-0.4, -0.2) is 51.3 Å². The number of nitrogens with zero attached hydrogens (tertiary/aromatic N) is 2. The third-order valence-electron chi connectivity index (χ3n) is 5.67. The van der Waals surface area contributed by atoms with Gasteiger partial charge in [-0.3, -0.25) is 9.59 Å². The van der Waals surface area contributed by atoms with E-state index in [0.29, 0.717) is 12.3 Å². The molecule has 32 heavy (non-hydrogen) atoms. The van der Waals surface area contributed by atoms with Crippen LogP contribution in [0.4, 0.5) is 5.69 Å². The first-order chi connectivity index (χ1) is 15.1. The first-order valence-electron chi connectivity index (χ1n) is 10.4. The Hall–Kier alpha value is -2.91. The Morgan fingerprint density at radius 3 is 2.34 bits per heavy atom. The van der Waals surface area contributed by atoms with Gasteiger partial charge in [0.05, 0.1) is 17.9 Å². The molecule has 0 radical (unpaired) electrons. The molecule has 1 aliphatic heterocycles. The molecule has 0 spiro atoms. The van der Waals surface area contributed by atoms with Gasteiger partial charge in [-0.15, -0.1) is 0 Å². The Balaban J connectivity index is 1.58. The van der Waals surface area contributed by atoms with E-state index in [1.807, 2.05) is 13.8 Å². The fourth-order valence-corrected chi connectivity index (χ4v) is 4.82. The van der Waals surface area contributed by atoms with Gasteiger partial charge in [-0.1, -0.05) is 12.1 Å². The molecule has 2 aromatic carbocycles. The molecule has 3 rings (SSSR count). The summed E-state index contributed by atoms with van der Waals surface area (Å²) in [6, 6.07) is 13.4. The van der Waals surface area contributed by atoms with Crippen molar-refractivity contribution in [2.45, 2.75) is 37.8 Å². The van der Waals surface area contributed by atoms with Crippen molar-refractivity contribution in [3.05, 3.63) is 54.1 Å². The fourth-order valence-electron chi connectivity index (χ4n) is 3.45. The molecule has 1 atom stereocenters. The van der Waals surface area contributed by atoms with Crippen molar-refractivity contribution in [2.75, 3.05) is 25.6 Å². The number of rotatable bonds is 8. The van der Waals surface area contributed by atoms with Crippen LogP contribution in [0, 0.1) is 5.92 Å². The van der Waals surface area contributed by atoms with Crippen molar-refractivity contribution < 1.29 is 22.7 Å². The van der Waals surface area contributed by atoms with Crippen LogP contribution in [0.25, 0.3) is 0 Å². The van der Waals surface area contributed by atoms with Crippen LogP contribution in [-0.2, 0) is 26.2 Å². The lowest BCUT2D eigenvalue weighted by Gasteiger charge is -2.21. The van der Waals surface area contributed by atoms with Gasteiger partial charge in [0, 0.05) is 38.3 Å². The zero-order valence-electron chi connectivity index (χ0n) is 18.7. The summed E-state index contributed by atoms with van der Waals surface area (Å²) in [4.78, 5) is 26.8. The van der Waals surface area contributed by atoms with E-state index in [9.17, 15) is 18.0 Å². The number of ether oxygens (including phenoxy) is 1. The quantitative estimate of drug-likeness (QED) is 0.654. The maximum absolute atomic E-state index is 12.6. The Morgan fingerprint density at radius 1 is 1.16 bits per heavy atom. The number of amides is 2. The Kier molecular flexibility index (Phi) is 7.20. The van der Waals surface area contributed by atoms with E-state index < -0.39 is 15.9 Å². The monoisotopic (exact) mass is 459 g/mol. The highest BCUT2D eigenvalue weighted by Gasteiger charge is 2.35. The highest BCUT2D eigenvalue weighted by Crippen LogP contribution is 2.27. The highest BCUT2D eigenvalue weighted by molar-refractivity contribution is 7.89. The van der Waals surface area contributed by atoms with Gasteiger partial charge in [-0.2, -0.15) is 4.31 Å². The lowest BCUT2D eigenvalue weighted by molar-refractivity contribution is -0.126. The number of hydrogen-bond donors (Lipinski definition) is 1. The first-order valence-corrected chi connectivity index (χ1v) is 11.9. The third-order valence-corrected chi connectivity index (χ3v) is 7.72. The molecule has 1 heterocycles. The second kappa shape index (κ2) is 9.70. The van der Waals surface area contributed by atoms with Gasteiger partial charge in [0.15, 0.2) is 0 Å². The highest BCUT2D eigenvalue weighted by atomic mass is 32.2. The van der Waals surface area contributed by atoms with Crippen molar-refractivity contribution in [1.82, 2.24) is 9.62 Å². The summed E-state index contributed by atoms with van der Waals surface area (Å²) >= 11 is 0. The van der Waals surface area contributed by atoms with E-state index in [0.717, 1.165) is 11.3 Å². The molecule has 9 heteroatoms. The van der Waals surface area contributed by atoms with Crippen LogP contribution >= 0.6 is 0 Å². The predicted octanol–water partition coefficient (Wildman–Crippen LogP) is 2.39. The fraction of sp³-hybridized carbons (Fsp3) is 0.391. The molecule has 2 amide bonds. The molecule has 1 N–H and O–H groups in total. The SMILES string of the molecule is COc1ccc(N2CC(C(=O)NCc3ccc(S(=O)(=O)N(C)C(C)C)cc3)CC2=O)cc1. The molecule has 172 valence electrons. The molecule has 1 fully saturated rings. The minimum atomic E-state index is -3.55. The maximum atomic E-state index is 12.6. The van der Waals surface area contributed by atoms with Crippen molar-refractivity contribution >= 4 is 27.5 Å². The van der Waals surface area contributed by atoms with E-state index in [4.69, 9.17) is 4.74 Å². The number of methoxy groups -OCH3 is 1. The minimum Gasteiger partial charge on any atom is -0.497 e. The van der Waals surface area contributed by atoms with Gasteiger partial charge in [0.25, 0.3) is 0 Å². The smallest absolute Gasteiger partial charge is 0.243 e. The van der Waals surface area contributed by atoms with Crippen molar-refractivity contribution in [3.63, 3.8) is 0 Å². The van der Waals surface area contributed by atoms with Crippen LogP contribution in [0.2, 0.25) is 0 Å². The summed E-state index contributed by atoms with van der Waals surface area (Å²) in [5, 5.41) is 2.85. The summed E-state index contributed by atoms with van der Waals surface area (Å²) in [7, 11) is -0.423. The maximum Gasteiger partial charge on any atom is 0.243 e. The number of anilines is 1. The second-order valence-electron chi connectivity index (χ2n) is 8.08. The summed E-state index contributed by atoms with van der Waals surface area (Å²) in [6.07, 6.45) is 0.149. The van der Waals surface area contributed by atoms with Crippen molar-refractivity contribution in [2.24, 2.45) is 5.92 Å². The largest absolute Gasteiger partial charge is 0.497 e. The van der Waals surface area contributed by atoms with Crippen LogP contribution in [0.5, 0.6) is 5.75 Å². The number of carbonyl (C=O) groups excluding carboxylic acids is 2. The zero-order valence-corrected chi connectivity index (χ0v) is 19.6. The Labute approximate surface area is 189 Å². The topological polar surface area (TPSA) is 96.0 Å². The van der Waals surface area contributed by atoms with Crippen molar-refractivity contribution in [1.29, 1.82) is 0 Å². The number of nitrogens with one attached hydrogen (secondary N) is 1. The standard InChI is InChI=1S/C23H29N3O5S/c1-16(2)25(3)32(29,30)21-11-5-17(6-12-21)14-24-23(28)18-13-22(27)26(15-18)19-7-9-20(31-4)10-8-19/h5-12,16,18H,13-15H2,1-4H3,(H,24,28). The number of hydrogen-bond acceptors (Lipinski definition) is 5. The summed E-state index contributed by atoms with van der Waals surface area (Å²) in [6.45, 7) is 4.19. The molecular formula is C23H29N3O5S. The number of carbonyl (C=O) groups is 2. The van der Waals surface area contributed by atoms with E-state index >= 15 is 0 Å². The van der Waals surface area contributed by atoms with Gasteiger partial charge in [-0.25, -0.2) is 8.42 Å². The van der Waals surface area contributed by atoms with E-state index in [1.54, 1.807) is 67.6 Å². The van der Waals surface area contributed by atoms with Gasteiger partial charge in [0.1, 0.15) is 5.75 Å². The molecule has 0 aliphatic carbocycles. The summed E-state index contributed by atoms with van der Waals surface area (Å²) in [5.41, 5.74) is 1.51. The lowest BCUT2D eigenvalue weighted by Crippen LogP contribution is -2.33. The summed E-state index contributed by atoms with van der Waals surface area (Å²) in [5.74, 6) is -0.0435.